The van der Waals surface area contributed by atoms with Crippen LogP contribution in [-0.4, -0.2) is 84.7 Å². The third-order valence-corrected chi connectivity index (χ3v) is 26.0. The lowest BCUT2D eigenvalue weighted by Crippen LogP contribution is -2.34. The molecule has 0 bridgehead atoms. The topological polar surface area (TPSA) is 188 Å². The molecule has 0 saturated heterocycles. The monoisotopic (exact) mass is 1670 g/mol. The maximum atomic E-state index is 13.4. The molecule has 0 N–H and O–H groups in total. The molecular formula is C94H99ClN10O9S4. The van der Waals surface area contributed by atoms with Crippen LogP contribution in [0.3, 0.4) is 0 Å². The Hall–Kier alpha value is -11.1. The number of rotatable bonds is 27. The zero-order valence-electron chi connectivity index (χ0n) is 67.8. The van der Waals surface area contributed by atoms with E-state index in [1.807, 2.05) is 115 Å². The van der Waals surface area contributed by atoms with Crippen LogP contribution in [0.1, 0.15) is 151 Å². The van der Waals surface area contributed by atoms with Crippen LogP contribution in [0.25, 0.3) is 9.69 Å². The van der Waals surface area contributed by atoms with Crippen molar-refractivity contribution in [2.75, 3.05) is 60.7 Å². The first-order valence-electron chi connectivity index (χ1n) is 40.1. The average Bonchev–Trinajstić information content (AvgIpc) is 1.66. The highest BCUT2D eigenvalue weighted by molar-refractivity contribution is 7.17. The van der Waals surface area contributed by atoms with E-state index < -0.39 is 0 Å². The Bertz CT molecular complexity index is 5270. The quantitative estimate of drug-likeness (QED) is 0.0350. The van der Waals surface area contributed by atoms with Gasteiger partial charge >= 0.3 is 0 Å². The lowest BCUT2D eigenvalue weighted by atomic mass is 10.0. The van der Waals surface area contributed by atoms with E-state index in [0.717, 1.165) is 141 Å². The van der Waals surface area contributed by atoms with Crippen LogP contribution >= 0.6 is 56.9 Å². The van der Waals surface area contributed by atoms with Gasteiger partial charge in [0.1, 0.15) is 23.0 Å². The van der Waals surface area contributed by atoms with Crippen molar-refractivity contribution in [2.45, 2.75) is 169 Å². The van der Waals surface area contributed by atoms with Gasteiger partial charge in [-0.25, -0.2) is 29.6 Å². The van der Waals surface area contributed by atoms with Gasteiger partial charge in [0.25, 0.3) is 11.8 Å². The highest BCUT2D eigenvalue weighted by Crippen LogP contribution is 2.40. The van der Waals surface area contributed by atoms with Crippen LogP contribution in [0.5, 0.6) is 28.7 Å². The van der Waals surface area contributed by atoms with Crippen LogP contribution in [0.2, 0.25) is 5.02 Å². The number of aryl methyl sites for hydroxylation is 12. The molecule has 4 heterocycles. The van der Waals surface area contributed by atoms with E-state index in [-0.39, 0.29) is 36.8 Å². The van der Waals surface area contributed by atoms with Gasteiger partial charge in [0.2, 0.25) is 11.8 Å². The number of anilines is 4. The number of benzene rings is 7. The fourth-order valence-corrected chi connectivity index (χ4v) is 19.4. The number of methoxy groups -OCH3 is 3. The maximum Gasteiger partial charge on any atom is 0.267 e. The first-order valence-corrected chi connectivity index (χ1v) is 43.8. The molecule has 0 atom stereocenters. The normalized spacial score (nSPS) is 12.8. The van der Waals surface area contributed by atoms with E-state index in [1.54, 1.807) is 111 Å². The third-order valence-electron chi connectivity index (χ3n) is 21.0. The Kier molecular flexibility index (Phi) is 31.4. The van der Waals surface area contributed by atoms with Crippen molar-refractivity contribution in [1.29, 1.82) is 0 Å². The summed E-state index contributed by atoms with van der Waals surface area (Å²) < 4.78 is 27.8. The predicted molar refractivity (Wildman–Crippen MR) is 475 cm³/mol. The minimum absolute atomic E-state index is 0.0955. The molecule has 0 spiro atoms. The van der Waals surface area contributed by atoms with Gasteiger partial charge in [-0.2, -0.15) is 0 Å². The first-order chi connectivity index (χ1) is 57.5. The van der Waals surface area contributed by atoms with E-state index in [2.05, 4.69) is 48.3 Å². The average molecular weight is 1680 g/mol. The smallest absolute Gasteiger partial charge is 0.267 e. The fourth-order valence-electron chi connectivity index (χ4n) is 14.5. The molecule has 118 heavy (non-hydrogen) atoms. The molecular weight excluding hydrogens is 1580 g/mol. The van der Waals surface area contributed by atoms with Crippen LogP contribution in [0.4, 0.5) is 31.9 Å². The van der Waals surface area contributed by atoms with Crippen molar-refractivity contribution in [1.82, 2.24) is 19.9 Å². The number of carbonyl (C=O) groups is 4. The number of halogens is 1. The molecule has 4 aromatic heterocycles. The summed E-state index contributed by atoms with van der Waals surface area (Å²) in [6.07, 6.45) is 21.7. The van der Waals surface area contributed by atoms with Gasteiger partial charge in [0.15, 0.2) is 50.9 Å². The number of thiazole rings is 4. The van der Waals surface area contributed by atoms with E-state index in [4.69, 9.17) is 68.4 Å². The molecule has 0 saturated carbocycles. The molecule has 0 unspecified atom stereocenters. The van der Waals surface area contributed by atoms with Crippen molar-refractivity contribution >= 4 is 112 Å². The summed E-state index contributed by atoms with van der Waals surface area (Å²) in [7, 11) is 4.89. The predicted octanol–water partition coefficient (Wildman–Crippen LogP) is 21.3. The van der Waals surface area contributed by atoms with Gasteiger partial charge in [0.05, 0.1) is 81.9 Å². The maximum absolute atomic E-state index is 13.4. The van der Waals surface area contributed by atoms with Gasteiger partial charge in [-0.3, -0.25) is 38.8 Å². The molecule has 7 aromatic carbocycles. The number of carbonyl (C=O) groups excluding carboxylic acids is 4. The second-order valence-electron chi connectivity index (χ2n) is 29.2. The minimum atomic E-state index is -0.185. The molecule has 4 aliphatic rings. The van der Waals surface area contributed by atoms with Gasteiger partial charge < -0.3 is 23.7 Å². The number of hydrogen-bond acceptors (Lipinski definition) is 17. The zero-order chi connectivity index (χ0) is 82.9. The summed E-state index contributed by atoms with van der Waals surface area (Å²) in [5.41, 5.74) is 14.3. The molecule has 24 heteroatoms. The van der Waals surface area contributed by atoms with Gasteiger partial charge in [0, 0.05) is 38.9 Å². The lowest BCUT2D eigenvalue weighted by molar-refractivity contribution is -0.121. The number of amides is 4. The molecule has 19 nitrogen and oxygen atoms in total. The Balaban J connectivity index is 0.000000145. The van der Waals surface area contributed by atoms with Crippen molar-refractivity contribution < 1.29 is 42.9 Å². The van der Waals surface area contributed by atoms with Crippen molar-refractivity contribution in [3.8, 4) is 28.7 Å². The number of ether oxygens (including phenoxy) is 5. The molecule has 4 aliphatic carbocycles. The molecule has 610 valence electrons. The number of aromatic nitrogens is 4. The van der Waals surface area contributed by atoms with Crippen LogP contribution in [-0.2, 0) is 103 Å². The second kappa shape index (κ2) is 42.9. The largest absolute Gasteiger partial charge is 0.496 e. The number of nitrogens with zero attached hydrogens (tertiary/aromatic N) is 10. The van der Waals surface area contributed by atoms with Crippen molar-refractivity contribution in [3.05, 3.63) is 285 Å². The van der Waals surface area contributed by atoms with Gasteiger partial charge in [-0.15, -0.1) is 51.9 Å². The van der Waals surface area contributed by atoms with Gasteiger partial charge in [-0.05, 0) is 211 Å². The highest BCUT2D eigenvalue weighted by Gasteiger charge is 2.30. The van der Waals surface area contributed by atoms with E-state index in [0.29, 0.717) is 90.6 Å². The minimum Gasteiger partial charge on any atom is -0.496 e. The van der Waals surface area contributed by atoms with Crippen LogP contribution in [0.15, 0.2) is 170 Å². The Labute approximate surface area is 713 Å². The molecule has 11 aromatic rings. The number of para-hydroxylation sites is 1. The summed E-state index contributed by atoms with van der Waals surface area (Å²) in [6.45, 7) is 25.8. The molecule has 0 fully saturated rings. The number of hydrogen-bond donors (Lipinski definition) is 0. The SMILES string of the molecule is C=CCN(C(=O)CCc1cc(C)c(C)c(OC)c1)c1nc2c(s1)CCCC2.COc1c(C)cccc1CCC(=O)N(Cc1ccccc1)c1nc2c(s1)CCCC2.[C-]#[N+]c1ccc(OCC(=O)N(Cc2ccccc2)c2nc3c(s2)CCCC3)c(Cl)c1.[C-]#[N+]c1ccc(OCC(=O)N(Cc2ccccc2)c2nc3c(s2)CCCC3)c(OC)c1. The molecule has 0 aliphatic heterocycles. The van der Waals surface area contributed by atoms with E-state index >= 15 is 0 Å². The van der Waals surface area contributed by atoms with Crippen molar-refractivity contribution in [2.24, 2.45) is 0 Å². The fraction of sp³-hybridized carbons (Fsp3) is 0.340. The van der Waals surface area contributed by atoms with Crippen molar-refractivity contribution in [3.63, 3.8) is 0 Å². The summed E-state index contributed by atoms with van der Waals surface area (Å²) >= 11 is 12.8. The first kappa shape index (κ1) is 86.3. The summed E-state index contributed by atoms with van der Waals surface area (Å²) in [5, 5.41) is 3.42. The Morgan fingerprint density at radius 3 is 1.26 bits per heavy atom. The van der Waals surface area contributed by atoms with Crippen LogP contribution < -0.4 is 43.3 Å². The molecule has 15 rings (SSSR count). The van der Waals surface area contributed by atoms with Crippen LogP contribution in [0, 0.1) is 33.9 Å². The summed E-state index contributed by atoms with van der Waals surface area (Å²) in [6, 6.07) is 49.9. The standard InChI is InChI=1S/C25H28N2O2S.C24H23N3O3S.C23H20ClN3O2S.C22H28N2O2S/c1-18-9-8-12-20(24(18)29-2)15-16-23(28)27(17-19-10-4-3-5-11-19)25-26-21-13-6-7-14-22(21)30-25;1-25-18-12-13-20(21(14-18)29-2)30-16-23(28)27(15-17-8-4-3-5-9-17)24-26-19-10-6-7-11-22(19)31-24;1-25-17-11-12-20(18(24)13-17)29-15-22(28)27(14-16-7-3-2-4-8-16)23-26-19-9-5-6-10-21(19)30-23;1-5-12-24(22-23-18-8-6-7-9-20(18)27-22)21(25)11-10-17-13-15(2)16(3)19(14-17)26-4/h3-5,8-12H,6-7,13-17H2,1-2H3;3-5,8-9,12-14H,6-7,10-11,15-16H2,2H3;2-4,7-8,11-13H,5-6,9-10,14-15H2;5,13-14H,1,6-12H2,2-4H3. The second-order valence-corrected chi connectivity index (χ2v) is 33.9. The molecule has 4 amide bonds. The Morgan fingerprint density at radius 2 is 0.839 bits per heavy atom. The highest BCUT2D eigenvalue weighted by atomic mass is 35.5. The number of fused-ring (bicyclic) bond motifs is 4. The summed E-state index contributed by atoms with van der Waals surface area (Å²) in [5.74, 6) is 2.85. The molecule has 0 radical (unpaired) electrons. The third kappa shape index (κ3) is 23.0. The lowest BCUT2D eigenvalue weighted by Gasteiger charge is -2.21. The van der Waals surface area contributed by atoms with Gasteiger partial charge in [-0.1, -0.05) is 145 Å². The van der Waals surface area contributed by atoms with E-state index in [9.17, 15) is 19.2 Å². The summed E-state index contributed by atoms with van der Waals surface area (Å²) in [4.78, 5) is 90.9. The zero-order valence-corrected chi connectivity index (χ0v) is 71.9. The van der Waals surface area contributed by atoms with E-state index in [1.165, 1.54) is 88.2 Å². The Morgan fingerprint density at radius 1 is 0.432 bits per heavy atom.